The number of halogens is 3. The predicted molar refractivity (Wildman–Crippen MR) is 73.5 cm³/mol. The minimum atomic E-state index is -4.41. The molecule has 0 radical (unpaired) electrons. The Hall–Kier alpha value is -1.73. The van der Waals surface area contributed by atoms with Crippen LogP contribution in [0.4, 0.5) is 18.0 Å². The van der Waals surface area contributed by atoms with Gasteiger partial charge in [0.25, 0.3) is 0 Å². The van der Waals surface area contributed by atoms with E-state index in [9.17, 15) is 23.1 Å². The fourth-order valence-electron chi connectivity index (χ4n) is 2.92. The molecule has 2 heterocycles. The number of hydrogen-bond donors (Lipinski definition) is 1. The van der Waals surface area contributed by atoms with Gasteiger partial charge in [0.15, 0.2) is 0 Å². The highest BCUT2D eigenvalue weighted by molar-refractivity contribution is 5.65. The zero-order valence-corrected chi connectivity index (χ0v) is 12.8. The molecule has 0 aromatic carbocycles. The van der Waals surface area contributed by atoms with Crippen molar-refractivity contribution in [3.8, 4) is 0 Å². The zero-order chi connectivity index (χ0) is 16.7. The second kappa shape index (κ2) is 5.48. The molecule has 0 aliphatic carbocycles. The maximum atomic E-state index is 12.7. The van der Waals surface area contributed by atoms with Gasteiger partial charge in [-0.2, -0.15) is 18.3 Å². The number of rotatable bonds is 1. The smallest absolute Gasteiger partial charge is 0.419 e. The Labute approximate surface area is 126 Å². The van der Waals surface area contributed by atoms with E-state index < -0.39 is 17.8 Å². The van der Waals surface area contributed by atoms with Crippen LogP contribution in [0.15, 0.2) is 12.4 Å². The molecule has 8 heteroatoms. The summed E-state index contributed by atoms with van der Waals surface area (Å²) < 4.78 is 39.3. The third-order valence-electron chi connectivity index (χ3n) is 4.12. The number of aromatic nitrogens is 2. The summed E-state index contributed by atoms with van der Waals surface area (Å²) in [6.45, 7) is 6.09. The summed E-state index contributed by atoms with van der Waals surface area (Å²) >= 11 is 0. The van der Waals surface area contributed by atoms with E-state index in [2.05, 4.69) is 5.10 Å². The van der Waals surface area contributed by atoms with E-state index in [0.29, 0.717) is 19.4 Å². The molecule has 124 valence electrons. The fraction of sp³-hybridized carbons (Fsp3) is 0.714. The van der Waals surface area contributed by atoms with E-state index in [-0.39, 0.29) is 17.5 Å². The molecule has 2 rings (SSSR count). The van der Waals surface area contributed by atoms with Crippen molar-refractivity contribution in [3.05, 3.63) is 18.0 Å². The van der Waals surface area contributed by atoms with Gasteiger partial charge in [-0.3, -0.25) is 4.68 Å². The van der Waals surface area contributed by atoms with E-state index in [1.807, 2.05) is 20.8 Å². The molecular formula is C14H20F3N3O2. The summed E-state index contributed by atoms with van der Waals surface area (Å²) in [4.78, 5) is 12.7. The molecule has 1 N–H and O–H groups in total. The second-order valence-electron chi connectivity index (χ2n) is 6.74. The number of nitrogens with zero attached hydrogens (tertiary/aromatic N) is 3. The Morgan fingerprint density at radius 2 is 2.00 bits per heavy atom. The van der Waals surface area contributed by atoms with Gasteiger partial charge in [-0.15, -0.1) is 0 Å². The first kappa shape index (κ1) is 16.6. The number of carboxylic acid groups (broad SMARTS) is 1. The van der Waals surface area contributed by atoms with E-state index in [1.165, 1.54) is 9.58 Å². The molecule has 1 aliphatic heterocycles. The van der Waals surface area contributed by atoms with Crippen LogP contribution in [0.25, 0.3) is 0 Å². The Bertz CT molecular complexity index is 548. The monoisotopic (exact) mass is 319 g/mol. The Morgan fingerprint density at radius 1 is 1.36 bits per heavy atom. The maximum Gasteiger partial charge on any atom is 0.419 e. The first-order valence-corrected chi connectivity index (χ1v) is 7.11. The minimum absolute atomic E-state index is 0.226. The minimum Gasteiger partial charge on any atom is -0.465 e. The molecule has 1 aromatic heterocycles. The van der Waals surface area contributed by atoms with Crippen molar-refractivity contribution in [2.24, 2.45) is 5.41 Å². The van der Waals surface area contributed by atoms with Crippen LogP contribution in [-0.4, -0.2) is 38.5 Å². The highest BCUT2D eigenvalue weighted by atomic mass is 19.4. The van der Waals surface area contributed by atoms with Gasteiger partial charge in [-0.25, -0.2) is 4.79 Å². The second-order valence-corrected chi connectivity index (χ2v) is 6.74. The maximum absolute atomic E-state index is 12.7. The SMILES string of the molecule is CC(C)(C)C1CC(n2cc(C(F)(F)F)cn2)CCN1C(=O)O. The molecule has 2 atom stereocenters. The number of amides is 1. The topological polar surface area (TPSA) is 58.4 Å². The Morgan fingerprint density at radius 3 is 2.45 bits per heavy atom. The summed E-state index contributed by atoms with van der Waals surface area (Å²) in [5.74, 6) is 0. The lowest BCUT2D eigenvalue weighted by Gasteiger charge is -2.44. The highest BCUT2D eigenvalue weighted by Crippen LogP contribution is 2.37. The lowest BCUT2D eigenvalue weighted by Crippen LogP contribution is -2.51. The van der Waals surface area contributed by atoms with Gasteiger partial charge in [0.1, 0.15) is 0 Å². The summed E-state index contributed by atoms with van der Waals surface area (Å²) in [6, 6.07) is -0.488. The lowest BCUT2D eigenvalue weighted by atomic mass is 9.79. The Balaban J connectivity index is 2.21. The number of likely N-dealkylation sites (tertiary alicyclic amines) is 1. The van der Waals surface area contributed by atoms with Gasteiger partial charge in [-0.05, 0) is 18.3 Å². The van der Waals surface area contributed by atoms with E-state index in [0.717, 1.165) is 12.4 Å². The van der Waals surface area contributed by atoms with E-state index >= 15 is 0 Å². The Kier molecular flexibility index (Phi) is 4.14. The summed E-state index contributed by atoms with van der Waals surface area (Å²) in [5.41, 5.74) is -1.07. The van der Waals surface area contributed by atoms with E-state index in [1.54, 1.807) is 0 Å². The normalized spacial score (nSPS) is 23.6. The van der Waals surface area contributed by atoms with Gasteiger partial charge in [0.05, 0.1) is 17.8 Å². The molecule has 1 fully saturated rings. The molecule has 0 bridgehead atoms. The van der Waals surface area contributed by atoms with Crippen molar-refractivity contribution in [2.75, 3.05) is 6.54 Å². The average Bonchev–Trinajstić information content (AvgIpc) is 2.86. The third-order valence-corrected chi connectivity index (χ3v) is 4.12. The van der Waals surface area contributed by atoms with Crippen molar-refractivity contribution >= 4 is 6.09 Å². The van der Waals surface area contributed by atoms with Gasteiger partial charge in [0.2, 0.25) is 0 Å². The van der Waals surface area contributed by atoms with Gasteiger partial charge >= 0.3 is 12.3 Å². The summed E-state index contributed by atoms with van der Waals surface area (Å²) in [6.07, 6.45) is -2.68. The van der Waals surface area contributed by atoms with Crippen LogP contribution in [0.3, 0.4) is 0 Å². The van der Waals surface area contributed by atoms with Crippen molar-refractivity contribution in [3.63, 3.8) is 0 Å². The quantitative estimate of drug-likeness (QED) is 0.860. The first-order valence-electron chi connectivity index (χ1n) is 7.11. The van der Waals surface area contributed by atoms with Crippen molar-refractivity contribution in [2.45, 2.75) is 51.9 Å². The predicted octanol–water partition coefficient (Wildman–Crippen LogP) is 3.63. The molecule has 22 heavy (non-hydrogen) atoms. The first-order chi connectivity index (χ1) is 10.00. The summed E-state index contributed by atoms with van der Waals surface area (Å²) in [5, 5.41) is 13.1. The van der Waals surface area contributed by atoms with Crippen LogP contribution in [0.5, 0.6) is 0 Å². The summed E-state index contributed by atoms with van der Waals surface area (Å²) in [7, 11) is 0. The van der Waals surface area contributed by atoms with Crippen LogP contribution >= 0.6 is 0 Å². The molecule has 5 nitrogen and oxygen atoms in total. The number of carbonyl (C=O) groups is 1. The lowest BCUT2D eigenvalue weighted by molar-refractivity contribution is -0.137. The molecule has 0 spiro atoms. The largest absolute Gasteiger partial charge is 0.465 e. The van der Waals surface area contributed by atoms with Gasteiger partial charge in [-0.1, -0.05) is 20.8 Å². The third kappa shape index (κ3) is 3.36. The van der Waals surface area contributed by atoms with Crippen molar-refractivity contribution < 1.29 is 23.1 Å². The molecule has 1 amide bonds. The fourth-order valence-corrected chi connectivity index (χ4v) is 2.92. The van der Waals surface area contributed by atoms with Crippen molar-refractivity contribution in [1.29, 1.82) is 0 Å². The van der Waals surface area contributed by atoms with Crippen molar-refractivity contribution in [1.82, 2.24) is 14.7 Å². The number of hydrogen-bond acceptors (Lipinski definition) is 2. The molecule has 0 saturated carbocycles. The molecule has 1 aromatic rings. The van der Waals surface area contributed by atoms with Gasteiger partial charge < -0.3 is 10.0 Å². The number of alkyl halides is 3. The van der Waals surface area contributed by atoms with Crippen LogP contribution in [0.1, 0.15) is 45.2 Å². The standard InChI is InChI=1S/C14H20F3N3O2/c1-13(2,3)11-6-10(4-5-19(11)12(21)22)20-8-9(7-18-20)14(15,16)17/h7-8,10-11H,4-6H2,1-3H3,(H,21,22). The molecule has 2 unspecified atom stereocenters. The highest BCUT2D eigenvalue weighted by Gasteiger charge is 2.40. The zero-order valence-electron chi connectivity index (χ0n) is 12.8. The van der Waals surface area contributed by atoms with Crippen LogP contribution in [-0.2, 0) is 6.18 Å². The molecular weight excluding hydrogens is 299 g/mol. The van der Waals surface area contributed by atoms with Crippen LogP contribution in [0.2, 0.25) is 0 Å². The van der Waals surface area contributed by atoms with Gasteiger partial charge in [0, 0.05) is 18.8 Å². The molecule has 1 saturated heterocycles. The van der Waals surface area contributed by atoms with Crippen LogP contribution < -0.4 is 0 Å². The van der Waals surface area contributed by atoms with Crippen LogP contribution in [0, 0.1) is 5.41 Å². The van der Waals surface area contributed by atoms with E-state index in [4.69, 9.17) is 0 Å². The average molecular weight is 319 g/mol. The number of piperidine rings is 1. The molecule has 1 aliphatic rings.